The molecule has 6 rings (SSSR count). The molecule has 0 aliphatic heterocycles. The van der Waals surface area contributed by atoms with Crippen LogP contribution in [-0.2, 0) is 0 Å². The minimum absolute atomic E-state index is 1.13. The van der Waals surface area contributed by atoms with Crippen molar-refractivity contribution in [2.24, 2.45) is 0 Å². The van der Waals surface area contributed by atoms with Crippen LogP contribution < -0.4 is 4.90 Å². The van der Waals surface area contributed by atoms with E-state index >= 15 is 0 Å². The van der Waals surface area contributed by atoms with E-state index in [0.29, 0.717) is 0 Å². The number of aryl methyl sites for hydroxylation is 1. The molecule has 0 spiro atoms. The van der Waals surface area contributed by atoms with Crippen LogP contribution >= 0.6 is 0 Å². The Morgan fingerprint density at radius 3 is 1.45 bits per heavy atom. The maximum absolute atomic E-state index is 2.28. The summed E-state index contributed by atoms with van der Waals surface area (Å²) in [5, 5.41) is 0. The van der Waals surface area contributed by atoms with Crippen molar-refractivity contribution >= 4 is 40.9 Å². The van der Waals surface area contributed by atoms with E-state index in [1.807, 2.05) is 0 Å². The lowest BCUT2D eigenvalue weighted by Gasteiger charge is -2.25. The SMILES string of the molecule is Cc1cc(C=CC=C(c2ccccc2)c2ccccc2)ccc1C=Cc1ccc(N(c2ccccc2)c2ccccc2)cc1. The van der Waals surface area contributed by atoms with Crippen LogP contribution in [-0.4, -0.2) is 0 Å². The molecule has 0 atom stereocenters. The first-order valence-corrected chi connectivity index (χ1v) is 15.0. The summed E-state index contributed by atoms with van der Waals surface area (Å²) in [5.74, 6) is 0. The molecule has 0 aromatic heterocycles. The maximum atomic E-state index is 2.28. The van der Waals surface area contributed by atoms with Gasteiger partial charge in [0, 0.05) is 17.1 Å². The molecular formula is C43H35N. The van der Waals surface area contributed by atoms with Gasteiger partial charge in [-0.1, -0.05) is 158 Å². The van der Waals surface area contributed by atoms with E-state index in [-0.39, 0.29) is 0 Å². The minimum atomic E-state index is 1.13. The normalized spacial score (nSPS) is 11.1. The van der Waals surface area contributed by atoms with Crippen LogP contribution in [0, 0.1) is 6.92 Å². The highest BCUT2D eigenvalue weighted by molar-refractivity contribution is 5.82. The topological polar surface area (TPSA) is 3.24 Å². The predicted molar refractivity (Wildman–Crippen MR) is 190 cm³/mol. The van der Waals surface area contributed by atoms with Crippen molar-refractivity contribution in [3.05, 3.63) is 209 Å². The van der Waals surface area contributed by atoms with Gasteiger partial charge in [0.05, 0.1) is 0 Å². The van der Waals surface area contributed by atoms with Gasteiger partial charge in [-0.15, -0.1) is 0 Å². The number of anilines is 3. The maximum Gasteiger partial charge on any atom is 0.0462 e. The van der Waals surface area contributed by atoms with E-state index in [4.69, 9.17) is 0 Å². The van der Waals surface area contributed by atoms with E-state index in [0.717, 1.165) is 22.6 Å². The van der Waals surface area contributed by atoms with Gasteiger partial charge in [-0.3, -0.25) is 0 Å². The zero-order valence-corrected chi connectivity index (χ0v) is 24.9. The smallest absolute Gasteiger partial charge is 0.0462 e. The van der Waals surface area contributed by atoms with Gasteiger partial charge in [-0.2, -0.15) is 0 Å². The first-order valence-electron chi connectivity index (χ1n) is 15.0. The molecule has 0 N–H and O–H groups in total. The average molecular weight is 566 g/mol. The van der Waals surface area contributed by atoms with Crippen molar-refractivity contribution in [3.63, 3.8) is 0 Å². The molecule has 6 aromatic rings. The third-order valence-electron chi connectivity index (χ3n) is 7.65. The van der Waals surface area contributed by atoms with Crippen LogP contribution in [0.4, 0.5) is 17.1 Å². The van der Waals surface area contributed by atoms with Crippen molar-refractivity contribution in [2.75, 3.05) is 4.90 Å². The molecule has 0 saturated carbocycles. The second-order valence-corrected chi connectivity index (χ2v) is 10.7. The standard InChI is InChI=1S/C43H35N/c1-34-33-36(15-14-24-43(38-16-6-2-7-17-38)39-18-8-3-9-19-39)26-30-37(34)29-25-35-27-31-42(32-28-35)44(40-20-10-4-11-21-40)41-22-12-5-13-23-41/h2-33H,1H3. The lowest BCUT2D eigenvalue weighted by Crippen LogP contribution is -2.09. The molecule has 1 nitrogen and oxygen atoms in total. The fourth-order valence-electron chi connectivity index (χ4n) is 5.36. The number of nitrogens with zero attached hydrogens (tertiary/aromatic N) is 1. The first kappa shape index (κ1) is 28.5. The Labute approximate surface area is 261 Å². The molecule has 0 radical (unpaired) electrons. The highest BCUT2D eigenvalue weighted by Gasteiger charge is 2.11. The van der Waals surface area contributed by atoms with Gasteiger partial charge in [0.1, 0.15) is 0 Å². The van der Waals surface area contributed by atoms with Gasteiger partial charge < -0.3 is 4.90 Å². The van der Waals surface area contributed by atoms with Gasteiger partial charge in [0.25, 0.3) is 0 Å². The van der Waals surface area contributed by atoms with Gasteiger partial charge in [-0.25, -0.2) is 0 Å². The summed E-state index contributed by atoms with van der Waals surface area (Å²) in [4.78, 5) is 2.28. The molecule has 1 heteroatoms. The van der Waals surface area contributed by atoms with Crippen molar-refractivity contribution < 1.29 is 0 Å². The average Bonchev–Trinajstić information content (AvgIpc) is 3.09. The molecule has 0 heterocycles. The Hall–Kier alpha value is -5.66. The van der Waals surface area contributed by atoms with E-state index < -0.39 is 0 Å². The van der Waals surface area contributed by atoms with Crippen LogP contribution in [0.1, 0.15) is 33.4 Å². The van der Waals surface area contributed by atoms with Crippen LogP contribution in [0.15, 0.2) is 176 Å². The van der Waals surface area contributed by atoms with E-state index in [1.165, 1.54) is 33.4 Å². The van der Waals surface area contributed by atoms with Gasteiger partial charge in [0.2, 0.25) is 0 Å². The fourth-order valence-corrected chi connectivity index (χ4v) is 5.36. The molecule has 0 aliphatic carbocycles. The zero-order valence-electron chi connectivity index (χ0n) is 24.9. The number of hydrogen-bond acceptors (Lipinski definition) is 1. The number of rotatable bonds is 9. The lowest BCUT2D eigenvalue weighted by atomic mass is 9.97. The number of hydrogen-bond donors (Lipinski definition) is 0. The Morgan fingerprint density at radius 2 is 0.932 bits per heavy atom. The molecule has 0 bridgehead atoms. The summed E-state index contributed by atoms with van der Waals surface area (Å²) in [6, 6.07) is 57.5. The van der Waals surface area contributed by atoms with Crippen LogP contribution in [0.5, 0.6) is 0 Å². The summed E-state index contributed by atoms with van der Waals surface area (Å²) >= 11 is 0. The van der Waals surface area contributed by atoms with Gasteiger partial charge in [0.15, 0.2) is 0 Å². The third kappa shape index (κ3) is 7.03. The van der Waals surface area contributed by atoms with Gasteiger partial charge in [-0.05, 0) is 82.3 Å². The van der Waals surface area contributed by atoms with Crippen LogP contribution in [0.3, 0.4) is 0 Å². The zero-order chi connectivity index (χ0) is 30.0. The molecular weight excluding hydrogens is 530 g/mol. The molecule has 0 fully saturated rings. The predicted octanol–water partition coefficient (Wildman–Crippen LogP) is 11.8. The largest absolute Gasteiger partial charge is 0.311 e. The lowest BCUT2D eigenvalue weighted by molar-refractivity contribution is 1.28. The second-order valence-electron chi connectivity index (χ2n) is 10.7. The Balaban J connectivity index is 1.18. The van der Waals surface area contributed by atoms with Crippen LogP contribution in [0.2, 0.25) is 0 Å². The van der Waals surface area contributed by atoms with Gasteiger partial charge >= 0.3 is 0 Å². The quantitative estimate of drug-likeness (QED) is 0.124. The van der Waals surface area contributed by atoms with E-state index in [1.54, 1.807) is 0 Å². The highest BCUT2D eigenvalue weighted by atomic mass is 15.1. The molecule has 44 heavy (non-hydrogen) atoms. The highest BCUT2D eigenvalue weighted by Crippen LogP contribution is 2.34. The van der Waals surface area contributed by atoms with E-state index in [9.17, 15) is 0 Å². The third-order valence-corrected chi connectivity index (χ3v) is 7.65. The Bertz CT molecular complexity index is 1790. The number of allylic oxidation sites excluding steroid dienone is 2. The van der Waals surface area contributed by atoms with Crippen molar-refractivity contribution in [2.45, 2.75) is 6.92 Å². The first-order chi connectivity index (χ1) is 21.7. The molecule has 0 amide bonds. The molecule has 0 unspecified atom stereocenters. The second kappa shape index (κ2) is 14.0. The number of benzene rings is 6. The Morgan fingerprint density at radius 1 is 0.455 bits per heavy atom. The fraction of sp³-hybridized carbons (Fsp3) is 0.0233. The van der Waals surface area contributed by atoms with Crippen molar-refractivity contribution in [1.82, 2.24) is 0 Å². The monoisotopic (exact) mass is 565 g/mol. The molecule has 0 saturated heterocycles. The number of para-hydroxylation sites is 2. The summed E-state index contributed by atoms with van der Waals surface area (Å²) in [7, 11) is 0. The van der Waals surface area contributed by atoms with Crippen molar-refractivity contribution in [1.29, 1.82) is 0 Å². The summed E-state index contributed by atoms with van der Waals surface area (Å²) < 4.78 is 0. The summed E-state index contributed by atoms with van der Waals surface area (Å²) in [6.07, 6.45) is 10.9. The van der Waals surface area contributed by atoms with Crippen LogP contribution in [0.25, 0.3) is 23.8 Å². The Kier molecular flexibility index (Phi) is 9.06. The molecule has 6 aromatic carbocycles. The van der Waals surface area contributed by atoms with Crippen molar-refractivity contribution in [3.8, 4) is 0 Å². The van der Waals surface area contributed by atoms with E-state index in [2.05, 4.69) is 206 Å². The molecule has 212 valence electrons. The summed E-state index contributed by atoms with van der Waals surface area (Å²) in [5.41, 5.74) is 11.8. The summed E-state index contributed by atoms with van der Waals surface area (Å²) in [6.45, 7) is 2.17. The minimum Gasteiger partial charge on any atom is -0.311 e. The molecule has 0 aliphatic rings.